The van der Waals surface area contributed by atoms with Gasteiger partial charge in [-0.3, -0.25) is 4.79 Å². The molecular weight excluding hydrogens is 448 g/mol. The van der Waals surface area contributed by atoms with Crippen molar-refractivity contribution < 1.29 is 14.3 Å². The van der Waals surface area contributed by atoms with Gasteiger partial charge in [-0.25, -0.2) is 9.78 Å². The van der Waals surface area contributed by atoms with Crippen LogP contribution in [0.1, 0.15) is 43.8 Å². The molecule has 1 atom stereocenters. The molecule has 1 unspecified atom stereocenters. The summed E-state index contributed by atoms with van der Waals surface area (Å²) in [4.78, 5) is 32.9. The fourth-order valence-electron chi connectivity index (χ4n) is 3.87. The summed E-state index contributed by atoms with van der Waals surface area (Å²) in [6.07, 6.45) is 2.81. The zero-order valence-electron chi connectivity index (χ0n) is 17.1. The van der Waals surface area contributed by atoms with Gasteiger partial charge < -0.3 is 10.1 Å². The lowest BCUT2D eigenvalue weighted by atomic mass is 9.88. The first-order valence-electron chi connectivity index (χ1n) is 10.0. The maximum Gasteiger partial charge on any atom is 0.341 e. The van der Waals surface area contributed by atoms with Crippen LogP contribution >= 0.6 is 34.0 Å². The molecule has 31 heavy (non-hydrogen) atoms. The van der Waals surface area contributed by atoms with E-state index in [1.54, 1.807) is 11.3 Å². The second-order valence-electron chi connectivity index (χ2n) is 7.65. The van der Waals surface area contributed by atoms with Gasteiger partial charge in [0.2, 0.25) is 0 Å². The topological polar surface area (TPSA) is 68.3 Å². The Morgan fingerprint density at radius 1 is 1.13 bits per heavy atom. The predicted molar refractivity (Wildman–Crippen MR) is 128 cm³/mol. The van der Waals surface area contributed by atoms with Crippen molar-refractivity contribution in [3.8, 4) is 9.88 Å². The van der Waals surface area contributed by atoms with Crippen LogP contribution in [-0.2, 0) is 17.6 Å². The van der Waals surface area contributed by atoms with E-state index in [9.17, 15) is 9.59 Å². The number of ether oxygens (including phenoxy) is 1. The molecule has 0 saturated heterocycles. The van der Waals surface area contributed by atoms with E-state index in [2.05, 4.69) is 17.2 Å². The summed E-state index contributed by atoms with van der Waals surface area (Å²) in [6, 6.07) is 11.8. The Kier molecular flexibility index (Phi) is 5.37. The number of carbonyl (C=O) groups excluding carboxylic acids is 2. The van der Waals surface area contributed by atoms with Crippen LogP contribution < -0.4 is 5.32 Å². The minimum atomic E-state index is -0.385. The highest BCUT2D eigenvalue weighted by atomic mass is 32.1. The highest BCUT2D eigenvalue weighted by Crippen LogP contribution is 2.41. The Morgan fingerprint density at radius 2 is 1.97 bits per heavy atom. The quantitative estimate of drug-likeness (QED) is 0.360. The Morgan fingerprint density at radius 3 is 2.77 bits per heavy atom. The number of fused-ring (bicyclic) bond motifs is 2. The van der Waals surface area contributed by atoms with Crippen LogP contribution in [0, 0.1) is 5.92 Å². The van der Waals surface area contributed by atoms with Gasteiger partial charge >= 0.3 is 5.97 Å². The summed E-state index contributed by atoms with van der Waals surface area (Å²) >= 11 is 4.52. The zero-order valence-corrected chi connectivity index (χ0v) is 19.5. The Balaban J connectivity index is 1.42. The predicted octanol–water partition coefficient (Wildman–Crippen LogP) is 6.25. The number of amides is 1. The number of hydrogen-bond donors (Lipinski definition) is 1. The molecule has 3 aromatic heterocycles. The fraction of sp³-hybridized carbons (Fsp3) is 0.261. The maximum atomic E-state index is 13.0. The van der Waals surface area contributed by atoms with Crippen molar-refractivity contribution in [2.45, 2.75) is 26.2 Å². The van der Waals surface area contributed by atoms with Crippen molar-refractivity contribution in [2.24, 2.45) is 5.92 Å². The van der Waals surface area contributed by atoms with Gasteiger partial charge in [-0.2, -0.15) is 0 Å². The number of para-hydroxylation sites is 1. The number of nitrogens with zero attached hydrogens (tertiary/aromatic N) is 1. The third-order valence-electron chi connectivity index (χ3n) is 5.46. The average Bonchev–Trinajstić information content (AvgIpc) is 3.48. The molecule has 0 fully saturated rings. The summed E-state index contributed by atoms with van der Waals surface area (Å²) in [5, 5.41) is 4.47. The first kappa shape index (κ1) is 20.4. The first-order valence-corrected chi connectivity index (χ1v) is 12.5. The SMILES string of the molecule is COC(=O)c1c(NC(=O)c2ccc(-c3nc4ccccc4s3)s2)sc2c1CCC(C)C2. The van der Waals surface area contributed by atoms with Crippen molar-refractivity contribution in [3.63, 3.8) is 0 Å². The molecule has 1 N–H and O–H groups in total. The van der Waals surface area contributed by atoms with Gasteiger partial charge in [0.25, 0.3) is 5.91 Å². The molecule has 5 rings (SSSR count). The van der Waals surface area contributed by atoms with Crippen molar-refractivity contribution in [1.82, 2.24) is 4.98 Å². The number of esters is 1. The molecular formula is C23H20N2O3S3. The maximum absolute atomic E-state index is 13.0. The smallest absolute Gasteiger partial charge is 0.341 e. The first-order chi connectivity index (χ1) is 15.0. The third kappa shape index (κ3) is 3.79. The van der Waals surface area contributed by atoms with Crippen LogP contribution in [0.4, 0.5) is 5.00 Å². The van der Waals surface area contributed by atoms with Crippen LogP contribution in [0.15, 0.2) is 36.4 Å². The zero-order chi connectivity index (χ0) is 21.5. The van der Waals surface area contributed by atoms with Gasteiger partial charge in [0.1, 0.15) is 10.0 Å². The summed E-state index contributed by atoms with van der Waals surface area (Å²) in [7, 11) is 1.38. The normalized spacial score (nSPS) is 15.6. The second-order valence-corrected chi connectivity index (χ2v) is 10.9. The summed E-state index contributed by atoms with van der Waals surface area (Å²) in [5.41, 5.74) is 2.51. The van der Waals surface area contributed by atoms with Gasteiger partial charge in [0.05, 0.1) is 32.6 Å². The molecule has 158 valence electrons. The summed E-state index contributed by atoms with van der Waals surface area (Å²) in [6.45, 7) is 2.22. The van der Waals surface area contributed by atoms with Crippen LogP contribution in [0.3, 0.4) is 0 Å². The van der Waals surface area contributed by atoms with Crippen LogP contribution in [0.5, 0.6) is 0 Å². The molecule has 1 aliphatic rings. The summed E-state index contributed by atoms with van der Waals surface area (Å²) in [5.74, 6) is -0.0216. The number of rotatable bonds is 4. The van der Waals surface area contributed by atoms with Crippen LogP contribution in [0.2, 0.25) is 0 Å². The second kappa shape index (κ2) is 8.18. The monoisotopic (exact) mass is 468 g/mol. The van der Waals surface area contributed by atoms with Crippen molar-refractivity contribution in [3.05, 3.63) is 57.3 Å². The van der Waals surface area contributed by atoms with Crippen molar-refractivity contribution in [2.75, 3.05) is 12.4 Å². The van der Waals surface area contributed by atoms with E-state index in [1.165, 1.54) is 34.7 Å². The minimum absolute atomic E-state index is 0.214. The summed E-state index contributed by atoms with van der Waals surface area (Å²) < 4.78 is 6.14. The van der Waals surface area contributed by atoms with Gasteiger partial charge in [-0.1, -0.05) is 19.1 Å². The molecule has 0 aliphatic heterocycles. The van der Waals surface area contributed by atoms with E-state index in [4.69, 9.17) is 4.74 Å². The molecule has 1 amide bonds. The van der Waals surface area contributed by atoms with E-state index >= 15 is 0 Å². The number of hydrogen-bond acceptors (Lipinski definition) is 7. The van der Waals surface area contributed by atoms with E-state index in [0.717, 1.165) is 44.9 Å². The number of benzene rings is 1. The Bertz CT molecular complexity index is 1270. The standard InChI is InChI=1S/C23H20N2O3S3/c1-12-7-8-13-18(11-12)31-22(19(13)23(27)28-2)25-20(26)16-9-10-17(29-16)21-24-14-5-3-4-6-15(14)30-21/h3-6,9-10,12H,7-8,11H2,1-2H3,(H,25,26). The number of aromatic nitrogens is 1. The van der Waals surface area contributed by atoms with E-state index in [0.29, 0.717) is 21.4 Å². The van der Waals surface area contributed by atoms with Gasteiger partial charge in [0.15, 0.2) is 0 Å². The largest absolute Gasteiger partial charge is 0.465 e. The average molecular weight is 469 g/mol. The lowest BCUT2D eigenvalue weighted by Gasteiger charge is -2.18. The lowest BCUT2D eigenvalue weighted by Crippen LogP contribution is -2.15. The van der Waals surface area contributed by atoms with Crippen molar-refractivity contribution >= 4 is 61.1 Å². The van der Waals surface area contributed by atoms with E-state index in [-0.39, 0.29) is 11.9 Å². The van der Waals surface area contributed by atoms with Gasteiger partial charge in [-0.15, -0.1) is 34.0 Å². The van der Waals surface area contributed by atoms with Crippen LogP contribution in [0.25, 0.3) is 20.1 Å². The molecule has 8 heteroatoms. The van der Waals surface area contributed by atoms with E-state index < -0.39 is 0 Å². The third-order valence-corrected chi connectivity index (χ3v) is 8.92. The molecule has 5 nitrogen and oxygen atoms in total. The molecule has 0 radical (unpaired) electrons. The molecule has 0 bridgehead atoms. The molecule has 0 spiro atoms. The number of thiazole rings is 1. The minimum Gasteiger partial charge on any atom is -0.465 e. The number of nitrogens with one attached hydrogen (secondary N) is 1. The number of anilines is 1. The van der Waals surface area contributed by atoms with Gasteiger partial charge in [-0.05, 0) is 55.0 Å². The lowest BCUT2D eigenvalue weighted by molar-refractivity contribution is 0.0601. The molecule has 4 aromatic rings. The molecule has 1 aromatic carbocycles. The molecule has 1 aliphatic carbocycles. The Hall–Kier alpha value is -2.55. The number of carbonyl (C=O) groups is 2. The molecule has 0 saturated carbocycles. The van der Waals surface area contributed by atoms with Gasteiger partial charge in [0, 0.05) is 4.88 Å². The number of methoxy groups -OCH3 is 1. The highest BCUT2D eigenvalue weighted by molar-refractivity contribution is 7.26. The highest BCUT2D eigenvalue weighted by Gasteiger charge is 2.29. The van der Waals surface area contributed by atoms with Crippen LogP contribution in [-0.4, -0.2) is 24.0 Å². The molecule has 3 heterocycles. The Labute approximate surface area is 191 Å². The fourth-order valence-corrected chi connectivity index (χ4v) is 7.19. The number of thiophene rings is 2. The van der Waals surface area contributed by atoms with Crippen molar-refractivity contribution in [1.29, 1.82) is 0 Å². The van der Waals surface area contributed by atoms with E-state index in [1.807, 2.05) is 36.4 Å².